The van der Waals surface area contributed by atoms with Crippen LogP contribution in [0.25, 0.3) is 0 Å². The van der Waals surface area contributed by atoms with Crippen LogP contribution in [0.4, 0.5) is 0 Å². The van der Waals surface area contributed by atoms with Crippen molar-refractivity contribution in [2.75, 3.05) is 19.3 Å². The zero-order valence-electron chi connectivity index (χ0n) is 10.2. The first-order chi connectivity index (χ1) is 8.51. The van der Waals surface area contributed by atoms with Crippen molar-refractivity contribution in [3.05, 3.63) is 12.7 Å². The summed E-state index contributed by atoms with van der Waals surface area (Å²) in [4.78, 5) is 24.5. The van der Waals surface area contributed by atoms with Gasteiger partial charge < -0.3 is 5.32 Å². The van der Waals surface area contributed by atoms with E-state index < -0.39 is 0 Å². The van der Waals surface area contributed by atoms with Gasteiger partial charge in [0.05, 0.1) is 5.75 Å². The number of thioether (sulfide) groups is 1. The van der Waals surface area contributed by atoms with Crippen molar-refractivity contribution < 1.29 is 9.59 Å². The van der Waals surface area contributed by atoms with E-state index in [9.17, 15) is 9.59 Å². The minimum atomic E-state index is -0.319. The summed E-state index contributed by atoms with van der Waals surface area (Å²) in [5, 5.41) is 8.49. The molecule has 1 fully saturated rings. The summed E-state index contributed by atoms with van der Waals surface area (Å²) >= 11 is 6.24. The highest BCUT2D eigenvalue weighted by molar-refractivity contribution is 8.15. The van der Waals surface area contributed by atoms with Gasteiger partial charge in [0.15, 0.2) is 10.3 Å². The van der Waals surface area contributed by atoms with Crippen LogP contribution in [0.1, 0.15) is 6.92 Å². The Labute approximate surface area is 115 Å². The van der Waals surface area contributed by atoms with Crippen molar-refractivity contribution in [2.45, 2.75) is 6.92 Å². The normalized spacial score (nSPS) is 16.9. The van der Waals surface area contributed by atoms with Crippen LogP contribution in [0.5, 0.6) is 0 Å². The Morgan fingerprint density at radius 3 is 2.94 bits per heavy atom. The van der Waals surface area contributed by atoms with Gasteiger partial charge in [0.2, 0.25) is 11.8 Å². The SMILES string of the molecule is C=CCN1C(=O)CS/C1=N\N(C(C)=O)C(=S)NC. The smallest absolute Gasteiger partial charge is 0.246 e. The maximum Gasteiger partial charge on any atom is 0.246 e. The molecule has 1 rings (SSSR count). The average Bonchev–Trinajstić information content (AvgIpc) is 2.67. The van der Waals surface area contributed by atoms with Crippen LogP contribution in [0.2, 0.25) is 0 Å². The number of amides is 2. The Balaban J connectivity index is 2.97. The quantitative estimate of drug-likeness (QED) is 0.461. The second kappa shape index (κ2) is 6.50. The fraction of sp³-hybridized carbons (Fsp3) is 0.400. The topological polar surface area (TPSA) is 65.0 Å². The first kappa shape index (κ1) is 14.7. The lowest BCUT2D eigenvalue weighted by molar-refractivity contribution is -0.126. The fourth-order valence-corrected chi connectivity index (χ4v) is 2.28. The van der Waals surface area contributed by atoms with Gasteiger partial charge in [-0.1, -0.05) is 17.8 Å². The third-order valence-corrected chi connectivity index (χ3v) is 3.39. The molecule has 0 saturated carbocycles. The fourth-order valence-electron chi connectivity index (χ4n) is 1.23. The van der Waals surface area contributed by atoms with Crippen LogP contribution in [-0.4, -0.2) is 51.3 Å². The van der Waals surface area contributed by atoms with Crippen LogP contribution < -0.4 is 5.32 Å². The molecular weight excluding hydrogens is 272 g/mol. The molecule has 6 nitrogen and oxygen atoms in total. The molecule has 1 N–H and O–H groups in total. The number of carbonyl (C=O) groups excluding carboxylic acids is 2. The molecule has 2 amide bonds. The molecule has 0 unspecified atom stereocenters. The predicted octanol–water partition coefficient (Wildman–Crippen LogP) is 0.372. The van der Waals surface area contributed by atoms with Gasteiger partial charge in [0.1, 0.15) is 0 Å². The maximum absolute atomic E-state index is 11.6. The molecule has 0 bridgehead atoms. The highest BCUT2D eigenvalue weighted by Crippen LogP contribution is 2.19. The van der Waals surface area contributed by atoms with Crippen molar-refractivity contribution in [3.63, 3.8) is 0 Å². The lowest BCUT2D eigenvalue weighted by Gasteiger charge is -2.19. The minimum Gasteiger partial charge on any atom is -0.364 e. The Bertz CT molecular complexity index is 422. The molecule has 0 spiro atoms. The summed E-state index contributed by atoms with van der Waals surface area (Å²) < 4.78 is 0. The second-order valence-electron chi connectivity index (χ2n) is 3.35. The van der Waals surface area contributed by atoms with E-state index >= 15 is 0 Å². The third-order valence-electron chi connectivity index (χ3n) is 2.06. The summed E-state index contributed by atoms with van der Waals surface area (Å²) in [5.74, 6) is -0.0667. The van der Waals surface area contributed by atoms with Gasteiger partial charge in [0.25, 0.3) is 0 Å². The lowest BCUT2D eigenvalue weighted by Crippen LogP contribution is -2.39. The van der Waals surface area contributed by atoms with Crippen molar-refractivity contribution in [3.8, 4) is 0 Å². The van der Waals surface area contributed by atoms with Crippen LogP contribution in [0.3, 0.4) is 0 Å². The minimum absolute atomic E-state index is 0.0578. The van der Waals surface area contributed by atoms with E-state index in [4.69, 9.17) is 12.2 Å². The number of hydrogen-bond acceptors (Lipinski definition) is 5. The number of carbonyl (C=O) groups is 2. The van der Waals surface area contributed by atoms with Crippen LogP contribution in [0.15, 0.2) is 17.8 Å². The van der Waals surface area contributed by atoms with Crippen molar-refractivity contribution >= 4 is 46.1 Å². The number of thiocarbonyl (C=S) groups is 1. The van der Waals surface area contributed by atoms with Gasteiger partial charge in [-0.3, -0.25) is 14.5 Å². The predicted molar refractivity (Wildman–Crippen MR) is 76.0 cm³/mol. The zero-order valence-corrected chi connectivity index (χ0v) is 11.8. The lowest BCUT2D eigenvalue weighted by atomic mass is 10.5. The highest BCUT2D eigenvalue weighted by atomic mass is 32.2. The number of amidine groups is 1. The number of hydrogen-bond donors (Lipinski definition) is 1. The second-order valence-corrected chi connectivity index (χ2v) is 4.68. The van der Waals surface area contributed by atoms with Gasteiger partial charge in [0, 0.05) is 20.5 Å². The largest absolute Gasteiger partial charge is 0.364 e. The van der Waals surface area contributed by atoms with Crippen LogP contribution in [0, 0.1) is 0 Å². The van der Waals surface area contributed by atoms with Gasteiger partial charge in [-0.05, 0) is 12.2 Å². The van der Waals surface area contributed by atoms with Crippen molar-refractivity contribution in [1.29, 1.82) is 0 Å². The number of hydrazone groups is 1. The van der Waals surface area contributed by atoms with E-state index in [2.05, 4.69) is 17.0 Å². The number of nitrogens with one attached hydrogen (secondary N) is 1. The molecule has 0 aromatic rings. The molecule has 18 heavy (non-hydrogen) atoms. The first-order valence-electron chi connectivity index (χ1n) is 5.16. The van der Waals surface area contributed by atoms with Gasteiger partial charge >= 0.3 is 0 Å². The number of nitrogens with zero attached hydrogens (tertiary/aromatic N) is 3. The van der Waals surface area contributed by atoms with E-state index in [0.717, 1.165) is 5.01 Å². The Morgan fingerprint density at radius 1 is 1.78 bits per heavy atom. The molecular formula is C10H14N4O2S2. The van der Waals surface area contributed by atoms with Crippen LogP contribution in [-0.2, 0) is 9.59 Å². The molecule has 1 heterocycles. The van der Waals surface area contributed by atoms with Crippen LogP contribution >= 0.6 is 24.0 Å². The summed E-state index contributed by atoms with van der Waals surface area (Å²) in [6.45, 7) is 5.30. The average molecular weight is 286 g/mol. The first-order valence-corrected chi connectivity index (χ1v) is 6.55. The van der Waals surface area contributed by atoms with Gasteiger partial charge in [-0.2, -0.15) is 5.01 Å². The third kappa shape index (κ3) is 3.30. The summed E-state index contributed by atoms with van der Waals surface area (Å²) in [6.07, 6.45) is 1.60. The Hall–Kier alpha value is -1.41. The van der Waals surface area contributed by atoms with Crippen molar-refractivity contribution in [2.24, 2.45) is 5.10 Å². The van der Waals surface area contributed by atoms with Gasteiger partial charge in [-0.15, -0.1) is 11.7 Å². The molecule has 0 aromatic heterocycles. The van der Waals surface area contributed by atoms with Crippen molar-refractivity contribution in [1.82, 2.24) is 15.2 Å². The Kier molecular flexibility index (Phi) is 5.29. The maximum atomic E-state index is 11.6. The Morgan fingerprint density at radius 2 is 2.44 bits per heavy atom. The zero-order chi connectivity index (χ0) is 13.7. The number of rotatable bonds is 3. The molecule has 1 aliphatic heterocycles. The molecule has 8 heteroatoms. The van der Waals surface area contributed by atoms with E-state index in [1.165, 1.54) is 23.6 Å². The molecule has 98 valence electrons. The molecule has 1 saturated heterocycles. The highest BCUT2D eigenvalue weighted by Gasteiger charge is 2.29. The molecule has 1 aliphatic rings. The van der Waals surface area contributed by atoms with E-state index in [1.807, 2.05) is 0 Å². The summed E-state index contributed by atoms with van der Waals surface area (Å²) in [7, 11) is 1.60. The van der Waals surface area contributed by atoms with E-state index in [-0.39, 0.29) is 16.9 Å². The van der Waals surface area contributed by atoms with Gasteiger partial charge in [-0.25, -0.2) is 0 Å². The standard InChI is InChI=1S/C10H14N4O2S2/c1-4-5-13-8(16)6-18-10(13)12-14(7(2)15)9(17)11-3/h4H,1,5-6H2,2-3H3,(H,11,17)/b12-10-. The molecule has 0 aromatic carbocycles. The summed E-state index contributed by atoms with van der Waals surface area (Å²) in [6, 6.07) is 0. The molecule has 0 radical (unpaired) electrons. The molecule has 0 aliphatic carbocycles. The molecule has 0 atom stereocenters. The summed E-state index contributed by atoms with van der Waals surface area (Å²) in [5.41, 5.74) is 0. The monoisotopic (exact) mass is 286 g/mol. The van der Waals surface area contributed by atoms with E-state index in [1.54, 1.807) is 13.1 Å². The van der Waals surface area contributed by atoms with E-state index in [0.29, 0.717) is 17.5 Å².